The SMILES string of the molecule is Cc1[nH]c2ccc(Br)cc2c1Nc1ccccc1Br. The van der Waals surface area contributed by atoms with Gasteiger partial charge >= 0.3 is 0 Å². The Kier molecular flexibility index (Phi) is 3.37. The fourth-order valence-corrected chi connectivity index (χ4v) is 2.90. The van der Waals surface area contributed by atoms with Gasteiger partial charge in [-0.3, -0.25) is 0 Å². The molecule has 0 aliphatic heterocycles. The van der Waals surface area contributed by atoms with Gasteiger partial charge in [-0.1, -0.05) is 28.1 Å². The quantitative estimate of drug-likeness (QED) is 0.583. The van der Waals surface area contributed by atoms with Crippen LogP contribution in [0, 0.1) is 6.92 Å². The zero-order chi connectivity index (χ0) is 13.4. The lowest BCUT2D eigenvalue weighted by Gasteiger charge is -2.08. The monoisotopic (exact) mass is 378 g/mol. The van der Waals surface area contributed by atoms with Crippen LogP contribution in [0.4, 0.5) is 11.4 Å². The molecule has 4 heteroatoms. The largest absolute Gasteiger partial charge is 0.357 e. The average molecular weight is 380 g/mol. The molecule has 2 N–H and O–H groups in total. The van der Waals surface area contributed by atoms with E-state index in [1.54, 1.807) is 0 Å². The number of H-pyrrole nitrogens is 1. The zero-order valence-corrected chi connectivity index (χ0v) is 13.5. The van der Waals surface area contributed by atoms with Gasteiger partial charge in [0.1, 0.15) is 0 Å². The minimum Gasteiger partial charge on any atom is -0.357 e. The second kappa shape index (κ2) is 5.02. The molecule has 0 radical (unpaired) electrons. The van der Waals surface area contributed by atoms with Gasteiger partial charge in [-0.05, 0) is 53.2 Å². The molecule has 19 heavy (non-hydrogen) atoms. The summed E-state index contributed by atoms with van der Waals surface area (Å²) < 4.78 is 2.13. The summed E-state index contributed by atoms with van der Waals surface area (Å²) >= 11 is 7.09. The van der Waals surface area contributed by atoms with Gasteiger partial charge in [0.05, 0.1) is 11.4 Å². The molecule has 0 saturated heterocycles. The second-order valence-electron chi connectivity index (χ2n) is 4.42. The number of aromatic amines is 1. The normalized spacial score (nSPS) is 10.9. The van der Waals surface area contributed by atoms with Crippen molar-refractivity contribution in [2.75, 3.05) is 5.32 Å². The van der Waals surface area contributed by atoms with Crippen molar-refractivity contribution in [1.29, 1.82) is 0 Å². The van der Waals surface area contributed by atoms with Crippen molar-refractivity contribution >= 4 is 54.1 Å². The predicted octanol–water partition coefficient (Wildman–Crippen LogP) is 5.74. The second-order valence-corrected chi connectivity index (χ2v) is 6.19. The van der Waals surface area contributed by atoms with Crippen LogP contribution < -0.4 is 5.32 Å². The number of hydrogen-bond donors (Lipinski definition) is 2. The molecule has 0 bridgehead atoms. The lowest BCUT2D eigenvalue weighted by molar-refractivity contribution is 1.29. The number of rotatable bonds is 2. The Morgan fingerprint density at radius 3 is 2.63 bits per heavy atom. The van der Waals surface area contributed by atoms with Crippen LogP contribution in [0.3, 0.4) is 0 Å². The van der Waals surface area contributed by atoms with E-state index in [-0.39, 0.29) is 0 Å². The Bertz CT molecular complexity index is 747. The summed E-state index contributed by atoms with van der Waals surface area (Å²) in [5.74, 6) is 0. The highest BCUT2D eigenvalue weighted by Crippen LogP contribution is 2.34. The summed E-state index contributed by atoms with van der Waals surface area (Å²) in [7, 11) is 0. The summed E-state index contributed by atoms with van der Waals surface area (Å²) in [6.45, 7) is 2.08. The number of halogens is 2. The van der Waals surface area contributed by atoms with Gasteiger partial charge in [0.15, 0.2) is 0 Å². The lowest BCUT2D eigenvalue weighted by Crippen LogP contribution is -1.92. The maximum absolute atomic E-state index is 3.56. The molecule has 2 nitrogen and oxygen atoms in total. The number of fused-ring (bicyclic) bond motifs is 1. The number of aromatic nitrogens is 1. The predicted molar refractivity (Wildman–Crippen MR) is 88.2 cm³/mol. The molecular formula is C15H12Br2N2. The van der Waals surface area contributed by atoms with Gasteiger partial charge in [0, 0.05) is 25.5 Å². The Hall–Kier alpha value is -1.26. The zero-order valence-electron chi connectivity index (χ0n) is 10.3. The summed E-state index contributed by atoms with van der Waals surface area (Å²) in [5, 5.41) is 4.67. The topological polar surface area (TPSA) is 27.8 Å². The Labute approximate surface area is 128 Å². The third-order valence-corrected chi connectivity index (χ3v) is 4.27. The number of anilines is 2. The van der Waals surface area contributed by atoms with E-state index in [1.165, 1.54) is 5.39 Å². The van der Waals surface area contributed by atoms with Crippen LogP contribution in [0.15, 0.2) is 51.4 Å². The highest BCUT2D eigenvalue weighted by molar-refractivity contribution is 9.10. The molecule has 96 valence electrons. The third-order valence-electron chi connectivity index (χ3n) is 3.08. The minimum atomic E-state index is 1.05. The highest BCUT2D eigenvalue weighted by atomic mass is 79.9. The fourth-order valence-electron chi connectivity index (χ4n) is 2.16. The van der Waals surface area contributed by atoms with Crippen molar-refractivity contribution in [1.82, 2.24) is 4.98 Å². The number of aryl methyl sites for hydroxylation is 1. The summed E-state index contributed by atoms with van der Waals surface area (Å²) in [4.78, 5) is 3.40. The van der Waals surface area contributed by atoms with Crippen molar-refractivity contribution in [2.24, 2.45) is 0 Å². The molecule has 3 aromatic rings. The van der Waals surface area contributed by atoms with E-state index in [0.29, 0.717) is 0 Å². The molecule has 0 amide bonds. The molecule has 0 aliphatic rings. The highest BCUT2D eigenvalue weighted by Gasteiger charge is 2.10. The maximum atomic E-state index is 3.56. The molecule has 2 aromatic carbocycles. The Morgan fingerprint density at radius 1 is 1.05 bits per heavy atom. The van der Waals surface area contributed by atoms with Crippen molar-refractivity contribution in [3.63, 3.8) is 0 Å². The van der Waals surface area contributed by atoms with Crippen molar-refractivity contribution in [3.8, 4) is 0 Å². The van der Waals surface area contributed by atoms with Crippen molar-refractivity contribution < 1.29 is 0 Å². The third kappa shape index (κ3) is 2.42. The molecular weight excluding hydrogens is 368 g/mol. The van der Waals surface area contributed by atoms with Gasteiger partial charge in [0.25, 0.3) is 0 Å². The van der Waals surface area contributed by atoms with E-state index in [0.717, 1.165) is 31.5 Å². The van der Waals surface area contributed by atoms with E-state index in [9.17, 15) is 0 Å². The van der Waals surface area contributed by atoms with E-state index in [2.05, 4.69) is 67.3 Å². The van der Waals surface area contributed by atoms with Crippen molar-refractivity contribution in [3.05, 3.63) is 57.1 Å². The van der Waals surface area contributed by atoms with E-state index in [4.69, 9.17) is 0 Å². The molecule has 1 aromatic heterocycles. The van der Waals surface area contributed by atoms with Crippen LogP contribution in [0.5, 0.6) is 0 Å². The maximum Gasteiger partial charge on any atom is 0.0672 e. The molecule has 0 fully saturated rings. The number of nitrogens with one attached hydrogen (secondary N) is 2. The summed E-state index contributed by atoms with van der Waals surface area (Å²) in [6, 6.07) is 14.4. The minimum absolute atomic E-state index is 1.05. The number of para-hydroxylation sites is 1. The van der Waals surface area contributed by atoms with Crippen LogP contribution in [0.1, 0.15) is 5.69 Å². The van der Waals surface area contributed by atoms with Crippen LogP contribution in [0.2, 0.25) is 0 Å². The number of benzene rings is 2. The first-order chi connectivity index (χ1) is 9.15. The van der Waals surface area contributed by atoms with Gasteiger partial charge in [0.2, 0.25) is 0 Å². The van der Waals surface area contributed by atoms with Crippen LogP contribution in [-0.4, -0.2) is 4.98 Å². The van der Waals surface area contributed by atoms with E-state index in [1.807, 2.05) is 24.3 Å². The molecule has 0 atom stereocenters. The van der Waals surface area contributed by atoms with Crippen molar-refractivity contribution in [2.45, 2.75) is 6.92 Å². The summed E-state index contributed by atoms with van der Waals surface area (Å²) in [5.41, 5.74) is 4.44. The summed E-state index contributed by atoms with van der Waals surface area (Å²) in [6.07, 6.45) is 0. The molecule has 0 aliphatic carbocycles. The first-order valence-electron chi connectivity index (χ1n) is 5.94. The first-order valence-corrected chi connectivity index (χ1v) is 7.53. The fraction of sp³-hybridized carbons (Fsp3) is 0.0667. The molecule has 0 unspecified atom stereocenters. The average Bonchev–Trinajstić information content (AvgIpc) is 2.69. The molecule has 3 rings (SSSR count). The van der Waals surface area contributed by atoms with Crippen LogP contribution in [0.25, 0.3) is 10.9 Å². The number of hydrogen-bond acceptors (Lipinski definition) is 1. The molecule has 0 spiro atoms. The van der Waals surface area contributed by atoms with Gasteiger partial charge in [-0.25, -0.2) is 0 Å². The van der Waals surface area contributed by atoms with Gasteiger partial charge in [-0.2, -0.15) is 0 Å². The molecule has 1 heterocycles. The Balaban J connectivity index is 2.12. The smallest absolute Gasteiger partial charge is 0.0672 e. The Morgan fingerprint density at radius 2 is 1.84 bits per heavy atom. The lowest BCUT2D eigenvalue weighted by atomic mass is 10.2. The van der Waals surface area contributed by atoms with Gasteiger partial charge < -0.3 is 10.3 Å². The van der Waals surface area contributed by atoms with Gasteiger partial charge in [-0.15, -0.1) is 0 Å². The van der Waals surface area contributed by atoms with Crippen LogP contribution >= 0.6 is 31.9 Å². The van der Waals surface area contributed by atoms with E-state index < -0.39 is 0 Å². The first kappa shape index (κ1) is 12.8. The van der Waals surface area contributed by atoms with E-state index >= 15 is 0 Å². The standard InChI is InChI=1S/C15H12Br2N2/c1-9-15(19-14-5-3-2-4-12(14)17)11-8-10(16)6-7-13(11)18-9/h2-8,18-19H,1H3. The molecule has 0 saturated carbocycles. The van der Waals surface area contributed by atoms with Crippen LogP contribution in [-0.2, 0) is 0 Å².